The van der Waals surface area contributed by atoms with Gasteiger partial charge < -0.3 is 9.72 Å². The number of esters is 1. The smallest absolute Gasteiger partial charge is 0.309 e. The van der Waals surface area contributed by atoms with Crippen LogP contribution in [0.1, 0.15) is 25.2 Å². The second kappa shape index (κ2) is 5.43. The SMILES string of the molecule is COC(=O)C(Cc1ccc2nc(C)[nH]c2c1)C(C)C. The number of nitrogens with zero attached hydrogens (tertiary/aromatic N) is 1. The molecular formula is C15H20N2O2. The van der Waals surface area contributed by atoms with Gasteiger partial charge in [-0.25, -0.2) is 4.98 Å². The number of hydrogen-bond acceptors (Lipinski definition) is 3. The molecule has 4 nitrogen and oxygen atoms in total. The Kier molecular flexibility index (Phi) is 3.88. The van der Waals surface area contributed by atoms with Crippen molar-refractivity contribution in [3.05, 3.63) is 29.6 Å². The lowest BCUT2D eigenvalue weighted by molar-refractivity contribution is -0.146. The van der Waals surface area contributed by atoms with E-state index in [0.29, 0.717) is 6.42 Å². The second-order valence-electron chi connectivity index (χ2n) is 5.25. The highest BCUT2D eigenvalue weighted by Gasteiger charge is 2.23. The molecule has 102 valence electrons. The van der Waals surface area contributed by atoms with Crippen LogP contribution < -0.4 is 0 Å². The summed E-state index contributed by atoms with van der Waals surface area (Å²) >= 11 is 0. The molecule has 1 aromatic carbocycles. The molecule has 0 radical (unpaired) electrons. The quantitative estimate of drug-likeness (QED) is 0.860. The predicted octanol–water partition coefficient (Wildman–Crippen LogP) is 2.86. The highest BCUT2D eigenvalue weighted by Crippen LogP contribution is 2.21. The van der Waals surface area contributed by atoms with Crippen molar-refractivity contribution in [2.24, 2.45) is 11.8 Å². The van der Waals surface area contributed by atoms with Crippen LogP contribution in [0.2, 0.25) is 0 Å². The molecule has 1 N–H and O–H groups in total. The first kappa shape index (κ1) is 13.6. The molecule has 1 atom stereocenters. The van der Waals surface area contributed by atoms with Gasteiger partial charge in [0, 0.05) is 0 Å². The van der Waals surface area contributed by atoms with Crippen molar-refractivity contribution in [3.8, 4) is 0 Å². The fourth-order valence-corrected chi connectivity index (χ4v) is 2.31. The minimum Gasteiger partial charge on any atom is -0.469 e. The van der Waals surface area contributed by atoms with Gasteiger partial charge in [0.25, 0.3) is 0 Å². The molecule has 0 amide bonds. The topological polar surface area (TPSA) is 55.0 Å². The molecule has 0 saturated heterocycles. The number of aryl methyl sites for hydroxylation is 1. The number of fused-ring (bicyclic) bond motifs is 1. The number of ether oxygens (including phenoxy) is 1. The van der Waals surface area contributed by atoms with Gasteiger partial charge in [0.15, 0.2) is 0 Å². The summed E-state index contributed by atoms with van der Waals surface area (Å²) in [6.07, 6.45) is 0.693. The zero-order valence-corrected chi connectivity index (χ0v) is 11.9. The zero-order valence-electron chi connectivity index (χ0n) is 11.9. The minimum absolute atomic E-state index is 0.105. The van der Waals surface area contributed by atoms with Crippen molar-refractivity contribution in [1.82, 2.24) is 9.97 Å². The normalized spacial score (nSPS) is 12.9. The summed E-state index contributed by atoms with van der Waals surface area (Å²) in [4.78, 5) is 19.4. The second-order valence-corrected chi connectivity index (χ2v) is 5.25. The van der Waals surface area contributed by atoms with Crippen LogP contribution in [-0.4, -0.2) is 23.0 Å². The number of methoxy groups -OCH3 is 1. The fourth-order valence-electron chi connectivity index (χ4n) is 2.31. The number of rotatable bonds is 4. The van der Waals surface area contributed by atoms with E-state index in [1.54, 1.807) is 0 Å². The first-order valence-corrected chi connectivity index (χ1v) is 6.54. The number of benzene rings is 1. The molecule has 1 heterocycles. The van der Waals surface area contributed by atoms with E-state index in [2.05, 4.69) is 16.0 Å². The van der Waals surface area contributed by atoms with E-state index in [1.165, 1.54) is 7.11 Å². The Morgan fingerprint density at radius 1 is 1.42 bits per heavy atom. The number of aromatic amines is 1. The lowest BCUT2D eigenvalue weighted by Gasteiger charge is -2.18. The van der Waals surface area contributed by atoms with E-state index in [9.17, 15) is 4.79 Å². The molecule has 0 aliphatic heterocycles. The number of carbonyl (C=O) groups is 1. The third kappa shape index (κ3) is 2.95. The molecule has 2 aromatic rings. The van der Waals surface area contributed by atoms with E-state index < -0.39 is 0 Å². The summed E-state index contributed by atoms with van der Waals surface area (Å²) in [5, 5.41) is 0. The molecule has 1 unspecified atom stereocenters. The van der Waals surface area contributed by atoms with Gasteiger partial charge in [-0.2, -0.15) is 0 Å². The van der Waals surface area contributed by atoms with Crippen molar-refractivity contribution >= 4 is 17.0 Å². The third-order valence-corrected chi connectivity index (χ3v) is 3.43. The average Bonchev–Trinajstić information content (AvgIpc) is 2.73. The summed E-state index contributed by atoms with van der Waals surface area (Å²) in [5.74, 6) is 0.912. The Labute approximate surface area is 113 Å². The number of hydrogen-bond donors (Lipinski definition) is 1. The van der Waals surface area contributed by atoms with Gasteiger partial charge in [-0.05, 0) is 37.0 Å². The number of nitrogens with one attached hydrogen (secondary N) is 1. The third-order valence-electron chi connectivity index (χ3n) is 3.43. The maximum Gasteiger partial charge on any atom is 0.309 e. The molecule has 4 heteroatoms. The van der Waals surface area contributed by atoms with Crippen LogP contribution >= 0.6 is 0 Å². The van der Waals surface area contributed by atoms with Gasteiger partial charge in [-0.1, -0.05) is 19.9 Å². The maximum atomic E-state index is 11.8. The first-order chi connectivity index (χ1) is 9.01. The monoisotopic (exact) mass is 260 g/mol. The summed E-state index contributed by atoms with van der Waals surface area (Å²) in [6, 6.07) is 6.08. The Hall–Kier alpha value is -1.84. The Morgan fingerprint density at radius 3 is 2.79 bits per heavy atom. The van der Waals surface area contributed by atoms with Gasteiger partial charge in [0.2, 0.25) is 0 Å². The van der Waals surface area contributed by atoms with Gasteiger partial charge in [-0.15, -0.1) is 0 Å². The number of H-pyrrole nitrogens is 1. The molecule has 0 aliphatic rings. The fraction of sp³-hybridized carbons (Fsp3) is 0.467. The lowest BCUT2D eigenvalue weighted by atomic mass is 9.89. The molecule has 0 fully saturated rings. The van der Waals surface area contributed by atoms with E-state index >= 15 is 0 Å². The molecule has 0 bridgehead atoms. The van der Waals surface area contributed by atoms with Gasteiger partial charge in [0.05, 0.1) is 24.1 Å². The van der Waals surface area contributed by atoms with Crippen molar-refractivity contribution in [1.29, 1.82) is 0 Å². The molecule has 1 aromatic heterocycles. The summed E-state index contributed by atoms with van der Waals surface area (Å²) in [5.41, 5.74) is 3.10. The Morgan fingerprint density at radius 2 is 2.16 bits per heavy atom. The number of imidazole rings is 1. The summed E-state index contributed by atoms with van der Waals surface area (Å²) in [6.45, 7) is 6.02. The van der Waals surface area contributed by atoms with Gasteiger partial charge in [0.1, 0.15) is 5.82 Å². The van der Waals surface area contributed by atoms with Crippen molar-refractivity contribution in [2.45, 2.75) is 27.2 Å². The van der Waals surface area contributed by atoms with Crippen LogP contribution in [0.4, 0.5) is 0 Å². The first-order valence-electron chi connectivity index (χ1n) is 6.54. The van der Waals surface area contributed by atoms with Gasteiger partial charge >= 0.3 is 5.97 Å². The molecule has 0 saturated carbocycles. The number of carbonyl (C=O) groups excluding carboxylic acids is 1. The predicted molar refractivity (Wildman–Crippen MR) is 74.9 cm³/mol. The van der Waals surface area contributed by atoms with Crippen molar-refractivity contribution < 1.29 is 9.53 Å². The molecule has 0 spiro atoms. The lowest BCUT2D eigenvalue weighted by Crippen LogP contribution is -2.23. The van der Waals surface area contributed by atoms with Crippen LogP contribution in [0.25, 0.3) is 11.0 Å². The van der Waals surface area contributed by atoms with E-state index in [-0.39, 0.29) is 17.8 Å². The largest absolute Gasteiger partial charge is 0.469 e. The Balaban J connectivity index is 2.25. The van der Waals surface area contributed by atoms with Gasteiger partial charge in [-0.3, -0.25) is 4.79 Å². The van der Waals surface area contributed by atoms with Crippen LogP contribution in [0, 0.1) is 18.8 Å². The van der Waals surface area contributed by atoms with Crippen molar-refractivity contribution in [2.75, 3.05) is 7.11 Å². The molecule has 2 rings (SSSR count). The van der Waals surface area contributed by atoms with Crippen molar-refractivity contribution in [3.63, 3.8) is 0 Å². The summed E-state index contributed by atoms with van der Waals surface area (Å²) in [7, 11) is 1.44. The molecule has 0 aliphatic carbocycles. The van der Waals surface area contributed by atoms with E-state index in [1.807, 2.05) is 32.9 Å². The molecular weight excluding hydrogens is 240 g/mol. The number of aromatic nitrogens is 2. The molecule has 19 heavy (non-hydrogen) atoms. The van der Waals surface area contributed by atoms with Crippen LogP contribution in [0.5, 0.6) is 0 Å². The van der Waals surface area contributed by atoms with Crippen LogP contribution in [0.3, 0.4) is 0 Å². The van der Waals surface area contributed by atoms with E-state index in [4.69, 9.17) is 4.74 Å². The maximum absolute atomic E-state index is 11.8. The average molecular weight is 260 g/mol. The minimum atomic E-state index is -0.143. The Bertz CT molecular complexity index is 587. The highest BCUT2D eigenvalue weighted by molar-refractivity contribution is 5.77. The van der Waals surface area contributed by atoms with E-state index in [0.717, 1.165) is 22.4 Å². The highest BCUT2D eigenvalue weighted by atomic mass is 16.5. The standard InChI is InChI=1S/C15H20N2O2/c1-9(2)12(15(18)19-4)7-11-5-6-13-14(8-11)17-10(3)16-13/h5-6,8-9,12H,7H2,1-4H3,(H,16,17). The van der Waals surface area contributed by atoms with Crippen LogP contribution in [0.15, 0.2) is 18.2 Å². The van der Waals surface area contributed by atoms with Crippen LogP contribution in [-0.2, 0) is 16.0 Å². The summed E-state index contributed by atoms with van der Waals surface area (Å²) < 4.78 is 4.88. The zero-order chi connectivity index (χ0) is 14.0.